The van der Waals surface area contributed by atoms with Crippen LogP contribution in [0.3, 0.4) is 0 Å². The summed E-state index contributed by atoms with van der Waals surface area (Å²) in [6, 6.07) is 14.7. The number of nitrogens with zero attached hydrogens (tertiary/aromatic N) is 2. The van der Waals surface area contributed by atoms with Gasteiger partial charge in [0.15, 0.2) is 0 Å². The monoisotopic (exact) mass is 710 g/mol. The second-order valence-electron chi connectivity index (χ2n) is 9.81. The van der Waals surface area contributed by atoms with Crippen LogP contribution in [0.2, 0.25) is 0 Å². The van der Waals surface area contributed by atoms with Crippen molar-refractivity contribution in [1.29, 1.82) is 0 Å². The van der Waals surface area contributed by atoms with Crippen LogP contribution in [-0.4, -0.2) is 53.1 Å². The SMILES string of the molecule is COC(=O)c1cc2cc(N)ccc2s1.COC(=O)c1cc2cc(NC(=O)c3sc(C)nc3C)ccc2s1.Cc1nc(C)c(C(=O)O)s1. The first-order valence-electron chi connectivity index (χ1n) is 13.7. The molecule has 4 aromatic heterocycles. The van der Waals surface area contributed by atoms with E-state index in [9.17, 15) is 19.2 Å². The summed E-state index contributed by atoms with van der Waals surface area (Å²) in [6.07, 6.45) is 0. The first-order valence-corrected chi connectivity index (χ1v) is 17.0. The van der Waals surface area contributed by atoms with Crippen molar-refractivity contribution in [3.05, 3.63) is 89.4 Å². The van der Waals surface area contributed by atoms with Crippen molar-refractivity contribution in [1.82, 2.24) is 9.97 Å². The normalized spacial score (nSPS) is 10.4. The first-order chi connectivity index (χ1) is 22.3. The topological polar surface area (TPSA) is 171 Å². The summed E-state index contributed by atoms with van der Waals surface area (Å²) in [4.78, 5) is 55.9. The largest absolute Gasteiger partial charge is 0.477 e. The van der Waals surface area contributed by atoms with Crippen molar-refractivity contribution in [3.8, 4) is 0 Å². The van der Waals surface area contributed by atoms with E-state index in [-0.39, 0.29) is 17.8 Å². The molecule has 0 spiro atoms. The molecule has 0 fully saturated rings. The molecular weight excluding hydrogens is 681 g/mol. The van der Waals surface area contributed by atoms with Gasteiger partial charge in [0.25, 0.3) is 5.91 Å². The lowest BCUT2D eigenvalue weighted by atomic mass is 10.2. The van der Waals surface area contributed by atoms with E-state index in [1.54, 1.807) is 26.0 Å². The second kappa shape index (κ2) is 15.3. The number of nitrogens with two attached hydrogens (primary N) is 1. The third-order valence-electron chi connectivity index (χ3n) is 6.30. The molecule has 1 amide bonds. The highest BCUT2D eigenvalue weighted by molar-refractivity contribution is 7.21. The minimum Gasteiger partial charge on any atom is -0.477 e. The third kappa shape index (κ3) is 8.77. The fourth-order valence-corrected chi connectivity index (χ4v) is 7.74. The van der Waals surface area contributed by atoms with Crippen LogP contribution >= 0.6 is 45.3 Å². The number of aromatic nitrogens is 2. The number of nitrogen functional groups attached to an aromatic ring is 1. The summed E-state index contributed by atoms with van der Waals surface area (Å²) in [5, 5.41) is 15.0. The Morgan fingerprint density at radius 2 is 1.19 bits per heavy atom. The molecule has 6 rings (SSSR count). The van der Waals surface area contributed by atoms with Gasteiger partial charge in [-0.25, -0.2) is 24.4 Å². The van der Waals surface area contributed by atoms with Crippen molar-refractivity contribution in [2.24, 2.45) is 0 Å². The molecule has 0 saturated carbocycles. The number of nitrogens with one attached hydrogen (secondary N) is 1. The molecule has 47 heavy (non-hydrogen) atoms. The number of carbonyl (C=O) groups excluding carboxylic acids is 3. The average molecular weight is 711 g/mol. The summed E-state index contributed by atoms with van der Waals surface area (Å²) in [7, 11) is 2.73. The number of fused-ring (bicyclic) bond motifs is 2. The van der Waals surface area contributed by atoms with Gasteiger partial charge in [-0.05, 0) is 87.0 Å². The second-order valence-corrected chi connectivity index (χ2v) is 14.4. The maximum absolute atomic E-state index is 12.3. The van der Waals surface area contributed by atoms with Gasteiger partial charge in [0.2, 0.25) is 0 Å². The molecular formula is C32H30N4O7S4. The number of hydrogen-bond donors (Lipinski definition) is 3. The van der Waals surface area contributed by atoms with Crippen LogP contribution < -0.4 is 11.1 Å². The minimum absolute atomic E-state index is 0.170. The van der Waals surface area contributed by atoms with Crippen LogP contribution in [0.25, 0.3) is 20.2 Å². The van der Waals surface area contributed by atoms with Gasteiger partial charge in [0.1, 0.15) is 19.5 Å². The lowest BCUT2D eigenvalue weighted by Crippen LogP contribution is -2.11. The average Bonchev–Trinajstić information content (AvgIpc) is 3.81. The fraction of sp³-hybridized carbons (Fsp3) is 0.188. The molecule has 11 nitrogen and oxygen atoms in total. The molecule has 0 aliphatic carbocycles. The molecule has 0 atom stereocenters. The number of aryl methyl sites for hydroxylation is 4. The Bertz CT molecular complexity index is 2110. The van der Waals surface area contributed by atoms with Gasteiger partial charge in [-0.1, -0.05) is 0 Å². The molecule has 4 heterocycles. The van der Waals surface area contributed by atoms with Crippen LogP contribution in [0.5, 0.6) is 0 Å². The molecule has 0 bridgehead atoms. The van der Waals surface area contributed by atoms with Crippen molar-refractivity contribution in [2.45, 2.75) is 27.7 Å². The van der Waals surface area contributed by atoms with E-state index < -0.39 is 5.97 Å². The quantitative estimate of drug-likeness (QED) is 0.119. The van der Waals surface area contributed by atoms with E-state index in [1.165, 1.54) is 59.6 Å². The highest BCUT2D eigenvalue weighted by atomic mass is 32.1. The molecule has 15 heteroatoms. The lowest BCUT2D eigenvalue weighted by molar-refractivity contribution is 0.0597. The summed E-state index contributed by atoms with van der Waals surface area (Å²) < 4.78 is 11.4. The number of esters is 2. The highest BCUT2D eigenvalue weighted by Gasteiger charge is 2.16. The van der Waals surface area contributed by atoms with Crippen molar-refractivity contribution >= 4 is 101 Å². The number of ether oxygens (including phenoxy) is 2. The zero-order valence-electron chi connectivity index (χ0n) is 26.1. The molecule has 0 radical (unpaired) electrons. The Kier molecular flexibility index (Phi) is 11.4. The Labute approximate surface area is 285 Å². The van der Waals surface area contributed by atoms with Crippen LogP contribution in [0.4, 0.5) is 11.4 Å². The zero-order chi connectivity index (χ0) is 34.4. The number of hydrogen-bond acceptors (Lipinski definition) is 13. The van der Waals surface area contributed by atoms with Gasteiger partial charge in [0.05, 0.1) is 35.6 Å². The third-order valence-corrected chi connectivity index (χ3v) is 10.6. The Hall–Kier alpha value is -4.70. The van der Waals surface area contributed by atoms with E-state index >= 15 is 0 Å². The fourth-order valence-electron chi connectivity index (χ4n) is 4.24. The van der Waals surface area contributed by atoms with E-state index in [1.807, 2.05) is 50.2 Å². The first kappa shape index (κ1) is 35.2. The number of thiophene rings is 2. The summed E-state index contributed by atoms with van der Waals surface area (Å²) in [6.45, 7) is 7.19. The van der Waals surface area contributed by atoms with Gasteiger partial charge < -0.3 is 25.6 Å². The number of aromatic carboxylic acids is 1. The van der Waals surface area contributed by atoms with Gasteiger partial charge in [0, 0.05) is 20.8 Å². The molecule has 244 valence electrons. The van der Waals surface area contributed by atoms with E-state index in [0.717, 1.165) is 35.9 Å². The number of carboxylic acid groups (broad SMARTS) is 1. The van der Waals surface area contributed by atoms with Crippen molar-refractivity contribution < 1.29 is 33.8 Å². The van der Waals surface area contributed by atoms with Crippen LogP contribution in [0.15, 0.2) is 48.5 Å². The molecule has 6 aromatic rings. The molecule has 0 unspecified atom stereocenters. The molecule has 0 aliphatic rings. The maximum Gasteiger partial charge on any atom is 0.348 e. The number of methoxy groups -OCH3 is 2. The number of rotatable bonds is 5. The Balaban J connectivity index is 0.000000177. The molecule has 2 aromatic carbocycles. The van der Waals surface area contributed by atoms with Crippen LogP contribution in [-0.2, 0) is 9.47 Å². The number of anilines is 2. The lowest BCUT2D eigenvalue weighted by Gasteiger charge is -2.04. The van der Waals surface area contributed by atoms with E-state index in [0.29, 0.717) is 36.6 Å². The minimum atomic E-state index is -0.886. The van der Waals surface area contributed by atoms with E-state index in [4.69, 9.17) is 15.6 Å². The molecule has 0 aliphatic heterocycles. The standard InChI is InChI=1S/C16H14N2O3S2.C10H9NO2S.C6H7NO2S/c1-8-14(22-9(2)17-8)15(19)18-11-4-5-12-10(6-11)7-13(23-12)16(20)21-3;1-13-10(12)9-5-6-4-7(11)2-3-8(6)14-9;1-3-5(6(8)9)10-4(2)7-3/h4-7H,1-3H3,(H,18,19);2-5H,11H2,1H3;1-2H3,(H,8,9). The zero-order valence-corrected chi connectivity index (χ0v) is 29.4. The predicted molar refractivity (Wildman–Crippen MR) is 189 cm³/mol. The molecule has 4 N–H and O–H groups in total. The number of benzene rings is 2. The Morgan fingerprint density at radius 3 is 1.64 bits per heavy atom. The van der Waals surface area contributed by atoms with Crippen LogP contribution in [0, 0.1) is 27.7 Å². The predicted octanol–water partition coefficient (Wildman–Crippen LogP) is 7.74. The smallest absolute Gasteiger partial charge is 0.348 e. The summed E-state index contributed by atoms with van der Waals surface area (Å²) in [5.41, 5.74) is 8.35. The number of carboxylic acids is 1. The summed E-state index contributed by atoms with van der Waals surface area (Å²) in [5.74, 6) is -1.71. The highest BCUT2D eigenvalue weighted by Crippen LogP contribution is 2.30. The summed E-state index contributed by atoms with van der Waals surface area (Å²) >= 11 is 5.36. The number of amides is 1. The number of thiazole rings is 2. The molecule has 0 saturated heterocycles. The van der Waals surface area contributed by atoms with Crippen LogP contribution in [0.1, 0.15) is 60.1 Å². The van der Waals surface area contributed by atoms with Gasteiger partial charge >= 0.3 is 17.9 Å². The van der Waals surface area contributed by atoms with Gasteiger partial charge in [-0.2, -0.15) is 0 Å². The Morgan fingerprint density at radius 1 is 0.702 bits per heavy atom. The van der Waals surface area contributed by atoms with E-state index in [2.05, 4.69) is 20.0 Å². The maximum atomic E-state index is 12.3. The van der Waals surface area contributed by atoms with Crippen molar-refractivity contribution in [2.75, 3.05) is 25.3 Å². The van der Waals surface area contributed by atoms with Gasteiger partial charge in [-0.3, -0.25) is 4.79 Å². The number of carbonyl (C=O) groups is 4. The van der Waals surface area contributed by atoms with Gasteiger partial charge in [-0.15, -0.1) is 45.3 Å². The van der Waals surface area contributed by atoms with Crippen molar-refractivity contribution in [3.63, 3.8) is 0 Å².